The zero-order chi connectivity index (χ0) is 16.3. The number of hydrogen-bond acceptors (Lipinski definition) is 5. The van der Waals surface area contributed by atoms with Gasteiger partial charge in [0.15, 0.2) is 0 Å². The van der Waals surface area contributed by atoms with Crippen LogP contribution in [0, 0.1) is 0 Å². The molecule has 9 heteroatoms. The number of hydrogen-bond donors (Lipinski definition) is 4. The summed E-state index contributed by atoms with van der Waals surface area (Å²) < 4.78 is 4.91. The minimum Gasteiger partial charge on any atom is -0.481 e. The highest BCUT2D eigenvalue weighted by molar-refractivity contribution is 5.82. The highest BCUT2D eigenvalue weighted by Gasteiger charge is 2.20. The smallest absolute Gasteiger partial charge is 0.326 e. The lowest BCUT2D eigenvalue weighted by Gasteiger charge is -2.17. The molecule has 0 aliphatic heterocycles. The van der Waals surface area contributed by atoms with Crippen LogP contribution in [0.5, 0.6) is 0 Å². The fraction of sp³-hybridized carbons (Fsp3) is 0.750. The lowest BCUT2D eigenvalue weighted by atomic mass is 10.1. The summed E-state index contributed by atoms with van der Waals surface area (Å²) in [6.45, 7) is 2.23. The summed E-state index contributed by atoms with van der Waals surface area (Å²) in [7, 11) is 3.47. The van der Waals surface area contributed by atoms with Crippen LogP contribution in [0.4, 0.5) is 4.79 Å². The number of ether oxygens (including phenoxy) is 1. The van der Waals surface area contributed by atoms with Crippen LogP contribution in [0.2, 0.25) is 0 Å². The molecule has 0 rings (SSSR count). The van der Waals surface area contributed by atoms with Gasteiger partial charge in [0.05, 0.1) is 6.61 Å². The summed E-state index contributed by atoms with van der Waals surface area (Å²) in [5.74, 6) is -2.37. The summed E-state index contributed by atoms with van der Waals surface area (Å²) in [4.78, 5) is 34.8. The van der Waals surface area contributed by atoms with Crippen LogP contribution < -0.4 is 10.6 Å². The topological polar surface area (TPSA) is 128 Å². The third-order valence-corrected chi connectivity index (χ3v) is 2.71. The molecule has 0 aromatic carbocycles. The van der Waals surface area contributed by atoms with E-state index in [0.29, 0.717) is 19.7 Å². The van der Waals surface area contributed by atoms with Crippen molar-refractivity contribution in [1.29, 1.82) is 0 Å². The molecule has 0 saturated heterocycles. The van der Waals surface area contributed by atoms with Crippen LogP contribution in [-0.2, 0) is 14.3 Å². The number of methoxy groups -OCH3 is 1. The Labute approximate surface area is 123 Å². The number of likely N-dealkylation sites (N-methyl/N-ethyl adjacent to an activating group) is 1. The number of urea groups is 1. The molecule has 0 aromatic rings. The molecule has 0 saturated carbocycles. The molecule has 0 fully saturated rings. The standard InChI is InChI=1S/C12H23N3O6/c1-15(7-8-21-2)6-5-13-12(20)14-9(11(18)19)3-4-10(16)17/h9H,3-8H2,1-2H3,(H,16,17)(H,18,19)(H2,13,14,20)/t9-/m0/s1. The molecule has 21 heavy (non-hydrogen) atoms. The van der Waals surface area contributed by atoms with Gasteiger partial charge in [0.1, 0.15) is 6.04 Å². The van der Waals surface area contributed by atoms with Gasteiger partial charge in [-0.1, -0.05) is 0 Å². The molecule has 0 heterocycles. The minimum absolute atomic E-state index is 0.161. The van der Waals surface area contributed by atoms with Gasteiger partial charge in [-0.3, -0.25) is 4.79 Å². The van der Waals surface area contributed by atoms with Crippen molar-refractivity contribution in [3.05, 3.63) is 0 Å². The third-order valence-electron chi connectivity index (χ3n) is 2.71. The number of carbonyl (C=O) groups is 3. The van der Waals surface area contributed by atoms with Crippen LogP contribution in [0.15, 0.2) is 0 Å². The predicted molar refractivity (Wildman–Crippen MR) is 74.2 cm³/mol. The van der Waals surface area contributed by atoms with Gasteiger partial charge in [-0.25, -0.2) is 9.59 Å². The number of carboxylic acids is 2. The minimum atomic E-state index is -1.26. The first-order valence-electron chi connectivity index (χ1n) is 6.53. The van der Waals surface area contributed by atoms with Gasteiger partial charge in [-0.05, 0) is 13.5 Å². The Kier molecular flexibility index (Phi) is 9.90. The van der Waals surface area contributed by atoms with E-state index in [1.807, 2.05) is 11.9 Å². The van der Waals surface area contributed by atoms with Gasteiger partial charge >= 0.3 is 18.0 Å². The molecule has 0 radical (unpaired) electrons. The van der Waals surface area contributed by atoms with Gasteiger partial charge in [-0.2, -0.15) is 0 Å². The molecule has 0 bridgehead atoms. The van der Waals surface area contributed by atoms with Crippen LogP contribution in [0.25, 0.3) is 0 Å². The average Bonchev–Trinajstić information content (AvgIpc) is 2.40. The lowest BCUT2D eigenvalue weighted by Crippen LogP contribution is -2.47. The molecule has 122 valence electrons. The molecule has 0 unspecified atom stereocenters. The Bertz CT molecular complexity index is 350. The highest BCUT2D eigenvalue weighted by atomic mass is 16.5. The first kappa shape index (κ1) is 19.1. The molecular weight excluding hydrogens is 282 g/mol. The number of nitrogens with one attached hydrogen (secondary N) is 2. The Hall–Kier alpha value is -1.87. The Morgan fingerprint density at radius 2 is 1.90 bits per heavy atom. The van der Waals surface area contributed by atoms with Crippen molar-refractivity contribution >= 4 is 18.0 Å². The molecule has 4 N–H and O–H groups in total. The summed E-state index contributed by atoms with van der Waals surface area (Å²) in [6, 6.07) is -1.85. The SMILES string of the molecule is COCCN(C)CCNC(=O)N[C@@H](CCC(=O)O)C(=O)O. The predicted octanol–water partition coefficient (Wildman–Crippen LogP) is -0.818. The van der Waals surface area contributed by atoms with Crippen molar-refractivity contribution in [1.82, 2.24) is 15.5 Å². The van der Waals surface area contributed by atoms with Crippen LogP contribution >= 0.6 is 0 Å². The van der Waals surface area contributed by atoms with E-state index >= 15 is 0 Å². The van der Waals surface area contributed by atoms with E-state index in [-0.39, 0.29) is 12.8 Å². The quantitative estimate of drug-likeness (QED) is 0.392. The zero-order valence-corrected chi connectivity index (χ0v) is 12.3. The highest BCUT2D eigenvalue weighted by Crippen LogP contribution is 1.97. The summed E-state index contributed by atoms with van der Waals surface area (Å²) >= 11 is 0. The molecule has 0 aromatic heterocycles. The number of carbonyl (C=O) groups excluding carboxylic acids is 1. The number of nitrogens with zero attached hydrogens (tertiary/aromatic N) is 1. The van der Waals surface area contributed by atoms with Gasteiger partial charge in [0.25, 0.3) is 0 Å². The van der Waals surface area contributed by atoms with Crippen molar-refractivity contribution in [2.45, 2.75) is 18.9 Å². The van der Waals surface area contributed by atoms with Crippen LogP contribution in [0.3, 0.4) is 0 Å². The van der Waals surface area contributed by atoms with E-state index in [1.54, 1.807) is 7.11 Å². The first-order chi connectivity index (χ1) is 9.86. The molecule has 1 atom stereocenters. The van der Waals surface area contributed by atoms with Crippen molar-refractivity contribution in [2.24, 2.45) is 0 Å². The number of rotatable bonds is 11. The van der Waals surface area contributed by atoms with Crippen LogP contribution in [0.1, 0.15) is 12.8 Å². The average molecular weight is 305 g/mol. The molecular formula is C12H23N3O6. The number of carboxylic acid groups (broad SMARTS) is 2. The molecule has 2 amide bonds. The van der Waals surface area contributed by atoms with Crippen molar-refractivity contribution in [3.63, 3.8) is 0 Å². The van der Waals surface area contributed by atoms with E-state index in [4.69, 9.17) is 14.9 Å². The Balaban J connectivity index is 3.98. The van der Waals surface area contributed by atoms with E-state index in [0.717, 1.165) is 6.54 Å². The van der Waals surface area contributed by atoms with E-state index in [2.05, 4.69) is 10.6 Å². The van der Waals surface area contributed by atoms with Gasteiger partial charge in [0.2, 0.25) is 0 Å². The second kappa shape index (κ2) is 10.9. The van der Waals surface area contributed by atoms with E-state index in [9.17, 15) is 14.4 Å². The second-order valence-corrected chi connectivity index (χ2v) is 4.52. The first-order valence-corrected chi connectivity index (χ1v) is 6.53. The maximum atomic E-state index is 11.5. The fourth-order valence-electron chi connectivity index (χ4n) is 1.45. The Morgan fingerprint density at radius 3 is 2.43 bits per heavy atom. The van der Waals surface area contributed by atoms with Gasteiger partial charge < -0.3 is 30.5 Å². The monoisotopic (exact) mass is 305 g/mol. The van der Waals surface area contributed by atoms with Crippen molar-refractivity contribution < 1.29 is 29.3 Å². The molecule has 9 nitrogen and oxygen atoms in total. The summed E-state index contributed by atoms with van der Waals surface area (Å²) in [6.07, 6.45) is -0.483. The van der Waals surface area contributed by atoms with Gasteiger partial charge in [-0.15, -0.1) is 0 Å². The van der Waals surface area contributed by atoms with E-state index < -0.39 is 24.0 Å². The van der Waals surface area contributed by atoms with Gasteiger partial charge in [0, 0.05) is 33.2 Å². The van der Waals surface area contributed by atoms with E-state index in [1.165, 1.54) is 0 Å². The zero-order valence-electron chi connectivity index (χ0n) is 12.3. The molecule has 0 aliphatic carbocycles. The number of amides is 2. The molecule has 0 aliphatic rings. The largest absolute Gasteiger partial charge is 0.481 e. The number of aliphatic carboxylic acids is 2. The lowest BCUT2D eigenvalue weighted by molar-refractivity contribution is -0.140. The third kappa shape index (κ3) is 10.6. The normalized spacial score (nSPS) is 12.0. The maximum Gasteiger partial charge on any atom is 0.326 e. The van der Waals surface area contributed by atoms with Crippen LogP contribution in [-0.4, -0.2) is 79.5 Å². The fourth-order valence-corrected chi connectivity index (χ4v) is 1.45. The maximum absolute atomic E-state index is 11.5. The second-order valence-electron chi connectivity index (χ2n) is 4.52. The molecule has 0 spiro atoms. The summed E-state index contributed by atoms with van der Waals surface area (Å²) in [5.41, 5.74) is 0. The van der Waals surface area contributed by atoms with Crippen molar-refractivity contribution in [3.8, 4) is 0 Å². The van der Waals surface area contributed by atoms with Crippen molar-refractivity contribution in [2.75, 3.05) is 40.4 Å². The summed E-state index contributed by atoms with van der Waals surface area (Å²) in [5, 5.41) is 22.2. The Morgan fingerprint density at radius 1 is 1.24 bits per heavy atom.